The van der Waals surface area contributed by atoms with Crippen molar-refractivity contribution in [2.24, 2.45) is 0 Å². The summed E-state index contributed by atoms with van der Waals surface area (Å²) in [6, 6.07) is 14.7. The van der Waals surface area contributed by atoms with E-state index in [0.29, 0.717) is 35.9 Å². The molecule has 1 heterocycles. The molecule has 1 amide bonds. The zero-order chi connectivity index (χ0) is 16.8. The molecule has 3 aromatic rings. The van der Waals surface area contributed by atoms with Gasteiger partial charge in [0.25, 0.3) is 0 Å². The largest absolute Gasteiger partial charge is 0.491 e. The van der Waals surface area contributed by atoms with Crippen molar-refractivity contribution >= 4 is 22.6 Å². The number of ether oxygens (including phenoxy) is 2. The molecule has 0 unspecified atom stereocenters. The molecule has 0 radical (unpaired) electrons. The van der Waals surface area contributed by atoms with Crippen LogP contribution in [-0.2, 0) is 16.0 Å². The van der Waals surface area contributed by atoms with Crippen LogP contribution in [0.5, 0.6) is 5.75 Å². The van der Waals surface area contributed by atoms with Crippen LogP contribution in [0, 0.1) is 0 Å². The number of rotatable bonds is 7. The minimum Gasteiger partial charge on any atom is -0.491 e. The fraction of sp³-hybridized carbons (Fsp3) is 0.222. The summed E-state index contributed by atoms with van der Waals surface area (Å²) in [6.07, 6.45) is 0.145. The number of nitrogens with one attached hydrogen (secondary N) is 1. The van der Waals surface area contributed by atoms with Gasteiger partial charge in [-0.25, -0.2) is 0 Å². The second-order valence-electron chi connectivity index (χ2n) is 5.22. The van der Waals surface area contributed by atoms with E-state index >= 15 is 0 Å². The summed E-state index contributed by atoms with van der Waals surface area (Å²) in [7, 11) is 1.62. The van der Waals surface area contributed by atoms with E-state index in [0.717, 1.165) is 5.39 Å². The Kier molecular flexibility index (Phi) is 5.08. The SMILES string of the molecule is COCCOc1cccc(NC(=O)Cc2noc3ccccc23)c1. The summed E-state index contributed by atoms with van der Waals surface area (Å²) in [5.74, 6) is 0.514. The normalized spacial score (nSPS) is 10.7. The minimum absolute atomic E-state index is 0.145. The number of fused-ring (bicyclic) bond motifs is 1. The molecule has 0 aliphatic rings. The molecule has 0 spiro atoms. The number of anilines is 1. The van der Waals surface area contributed by atoms with Crippen LogP contribution in [0.3, 0.4) is 0 Å². The number of para-hydroxylation sites is 1. The predicted molar refractivity (Wildman–Crippen MR) is 90.2 cm³/mol. The molecule has 0 saturated heterocycles. The van der Waals surface area contributed by atoms with Gasteiger partial charge >= 0.3 is 0 Å². The summed E-state index contributed by atoms with van der Waals surface area (Å²) in [5.41, 5.74) is 1.96. The van der Waals surface area contributed by atoms with E-state index in [4.69, 9.17) is 14.0 Å². The molecule has 0 bridgehead atoms. The first-order valence-electron chi connectivity index (χ1n) is 7.61. The fourth-order valence-corrected chi connectivity index (χ4v) is 2.33. The summed E-state index contributed by atoms with van der Waals surface area (Å²) in [6.45, 7) is 0.967. The maximum atomic E-state index is 12.2. The lowest BCUT2D eigenvalue weighted by Gasteiger charge is -2.08. The van der Waals surface area contributed by atoms with Crippen LogP contribution in [-0.4, -0.2) is 31.4 Å². The zero-order valence-corrected chi connectivity index (χ0v) is 13.3. The van der Waals surface area contributed by atoms with Crippen molar-refractivity contribution in [3.8, 4) is 5.75 Å². The molecule has 0 atom stereocenters. The Hall–Kier alpha value is -2.86. The topological polar surface area (TPSA) is 73.6 Å². The van der Waals surface area contributed by atoms with Crippen LogP contribution >= 0.6 is 0 Å². The van der Waals surface area contributed by atoms with Crippen LogP contribution in [0.15, 0.2) is 53.1 Å². The number of hydrogen-bond acceptors (Lipinski definition) is 5. The molecular weight excluding hydrogens is 308 g/mol. The maximum absolute atomic E-state index is 12.2. The molecule has 0 fully saturated rings. The van der Waals surface area contributed by atoms with Crippen molar-refractivity contribution in [2.75, 3.05) is 25.6 Å². The molecule has 24 heavy (non-hydrogen) atoms. The van der Waals surface area contributed by atoms with E-state index in [1.54, 1.807) is 13.2 Å². The van der Waals surface area contributed by atoms with Crippen molar-refractivity contribution < 1.29 is 18.8 Å². The molecule has 124 valence electrons. The first-order chi connectivity index (χ1) is 11.8. The summed E-state index contributed by atoms with van der Waals surface area (Å²) in [5, 5.41) is 7.67. The van der Waals surface area contributed by atoms with E-state index < -0.39 is 0 Å². The van der Waals surface area contributed by atoms with Gasteiger partial charge in [-0.1, -0.05) is 23.4 Å². The van der Waals surface area contributed by atoms with Gasteiger partial charge in [-0.05, 0) is 24.3 Å². The van der Waals surface area contributed by atoms with Gasteiger partial charge in [0.15, 0.2) is 5.58 Å². The number of amides is 1. The highest BCUT2D eigenvalue weighted by Gasteiger charge is 2.12. The van der Waals surface area contributed by atoms with Gasteiger partial charge < -0.3 is 19.3 Å². The van der Waals surface area contributed by atoms with E-state index in [1.165, 1.54) is 0 Å². The molecular formula is C18H18N2O4. The second-order valence-corrected chi connectivity index (χ2v) is 5.22. The average molecular weight is 326 g/mol. The Balaban J connectivity index is 1.63. The van der Waals surface area contributed by atoms with Gasteiger partial charge in [0.2, 0.25) is 5.91 Å². The maximum Gasteiger partial charge on any atom is 0.230 e. The zero-order valence-electron chi connectivity index (χ0n) is 13.3. The molecule has 6 heteroatoms. The van der Waals surface area contributed by atoms with E-state index in [1.807, 2.05) is 42.5 Å². The summed E-state index contributed by atoms with van der Waals surface area (Å²) in [4.78, 5) is 12.2. The number of carbonyl (C=O) groups is 1. The highest BCUT2D eigenvalue weighted by molar-refractivity contribution is 5.94. The van der Waals surface area contributed by atoms with Crippen molar-refractivity contribution in [1.82, 2.24) is 5.16 Å². The first kappa shape index (κ1) is 16.0. The number of methoxy groups -OCH3 is 1. The molecule has 6 nitrogen and oxygen atoms in total. The Labute approximate surface area is 139 Å². The number of nitrogens with zero attached hydrogens (tertiary/aromatic N) is 1. The highest BCUT2D eigenvalue weighted by Crippen LogP contribution is 2.20. The minimum atomic E-state index is -0.164. The van der Waals surface area contributed by atoms with Crippen molar-refractivity contribution in [2.45, 2.75) is 6.42 Å². The number of benzene rings is 2. The van der Waals surface area contributed by atoms with Gasteiger partial charge in [0.05, 0.1) is 13.0 Å². The van der Waals surface area contributed by atoms with E-state index in [-0.39, 0.29) is 12.3 Å². The van der Waals surface area contributed by atoms with Crippen molar-refractivity contribution in [3.05, 3.63) is 54.2 Å². The van der Waals surface area contributed by atoms with Gasteiger partial charge in [-0.15, -0.1) is 0 Å². The lowest BCUT2D eigenvalue weighted by atomic mass is 10.1. The smallest absolute Gasteiger partial charge is 0.230 e. The third-order valence-electron chi connectivity index (χ3n) is 3.45. The van der Waals surface area contributed by atoms with Crippen LogP contribution in [0.2, 0.25) is 0 Å². The van der Waals surface area contributed by atoms with Crippen molar-refractivity contribution in [3.63, 3.8) is 0 Å². The van der Waals surface area contributed by atoms with Crippen LogP contribution in [0.25, 0.3) is 11.0 Å². The standard InChI is InChI=1S/C18H18N2O4/c1-22-9-10-23-14-6-4-5-13(11-14)19-18(21)12-16-15-7-2-3-8-17(15)24-20-16/h2-8,11H,9-10,12H2,1H3,(H,19,21). The predicted octanol–water partition coefficient (Wildman–Crippen LogP) is 3.03. The molecule has 0 aliphatic heterocycles. The van der Waals surface area contributed by atoms with Gasteiger partial charge in [-0.3, -0.25) is 4.79 Å². The third kappa shape index (κ3) is 3.91. The van der Waals surface area contributed by atoms with Crippen LogP contribution in [0.1, 0.15) is 5.69 Å². The van der Waals surface area contributed by atoms with Gasteiger partial charge in [0.1, 0.15) is 18.1 Å². The number of hydrogen-bond donors (Lipinski definition) is 1. The Morgan fingerprint density at radius 3 is 2.92 bits per heavy atom. The monoisotopic (exact) mass is 326 g/mol. The first-order valence-corrected chi connectivity index (χ1v) is 7.61. The lowest BCUT2D eigenvalue weighted by molar-refractivity contribution is -0.115. The molecule has 1 N–H and O–H groups in total. The lowest BCUT2D eigenvalue weighted by Crippen LogP contribution is -2.14. The molecule has 0 saturated carbocycles. The van der Waals surface area contributed by atoms with Crippen LogP contribution < -0.4 is 10.1 Å². The quantitative estimate of drug-likeness (QED) is 0.676. The fourth-order valence-electron chi connectivity index (χ4n) is 2.33. The van der Waals surface area contributed by atoms with Gasteiger partial charge in [0, 0.05) is 24.2 Å². The molecule has 3 rings (SSSR count). The average Bonchev–Trinajstić information content (AvgIpc) is 2.99. The Bertz CT molecular complexity index is 829. The summed E-state index contributed by atoms with van der Waals surface area (Å²) >= 11 is 0. The number of carbonyl (C=O) groups excluding carboxylic acids is 1. The van der Waals surface area contributed by atoms with E-state index in [9.17, 15) is 4.79 Å². The second kappa shape index (κ2) is 7.61. The van der Waals surface area contributed by atoms with Gasteiger partial charge in [-0.2, -0.15) is 0 Å². The third-order valence-corrected chi connectivity index (χ3v) is 3.45. The number of aromatic nitrogens is 1. The molecule has 1 aromatic heterocycles. The molecule has 0 aliphatic carbocycles. The Morgan fingerprint density at radius 2 is 2.04 bits per heavy atom. The van der Waals surface area contributed by atoms with Crippen LogP contribution in [0.4, 0.5) is 5.69 Å². The summed E-state index contributed by atoms with van der Waals surface area (Å²) < 4.78 is 15.7. The highest BCUT2D eigenvalue weighted by atomic mass is 16.5. The van der Waals surface area contributed by atoms with Crippen molar-refractivity contribution in [1.29, 1.82) is 0 Å². The van der Waals surface area contributed by atoms with E-state index in [2.05, 4.69) is 10.5 Å². The molecule has 2 aromatic carbocycles. The Morgan fingerprint density at radius 1 is 1.17 bits per heavy atom.